The molecule has 1 amide bonds. The number of hydrogen-bond acceptors (Lipinski definition) is 8. The van der Waals surface area contributed by atoms with Gasteiger partial charge in [-0.25, -0.2) is 9.37 Å². The third kappa shape index (κ3) is 4.85. The second-order valence-corrected chi connectivity index (χ2v) is 10.3. The highest BCUT2D eigenvalue weighted by Crippen LogP contribution is 2.31. The van der Waals surface area contributed by atoms with E-state index in [-0.39, 0.29) is 17.2 Å². The van der Waals surface area contributed by atoms with Crippen molar-refractivity contribution in [3.8, 4) is 0 Å². The average Bonchev–Trinajstić information content (AvgIpc) is 3.46. The van der Waals surface area contributed by atoms with Crippen LogP contribution in [0, 0.1) is 0 Å². The summed E-state index contributed by atoms with van der Waals surface area (Å²) in [4.78, 5) is 33.3. The largest absolute Gasteiger partial charge is 0.379 e. The van der Waals surface area contributed by atoms with Crippen LogP contribution in [0.25, 0.3) is 5.65 Å². The number of ether oxygens (including phenoxy) is 1. The minimum absolute atomic E-state index is 0.107. The number of amides is 1. The zero-order valence-corrected chi connectivity index (χ0v) is 21.4. The number of carbonyl (C=O) groups excluding carboxylic acids is 1. The molecule has 6 rings (SSSR count). The van der Waals surface area contributed by atoms with Crippen LogP contribution in [0.5, 0.6) is 0 Å². The van der Waals surface area contributed by atoms with Crippen molar-refractivity contribution < 1.29 is 13.9 Å². The second-order valence-electron chi connectivity index (χ2n) is 10.3. The summed E-state index contributed by atoms with van der Waals surface area (Å²) in [5, 5.41) is 13.1. The molecule has 0 bridgehead atoms. The molecule has 3 aromatic heterocycles. The standard InChI is InChI=1S/C26H33FN8O3/c1-28-23-14-22(32-24-18(15-29-35(23)24)25(36)31-21-13-19(21)27)30-20-3-2-8-34(26(20)37)17-6-4-16(5-7-17)33-9-11-38-12-10-33/h2-3,8,14-17,19,21,28H,4-7,9-13H2,1H3,(H,30,32)(H,31,36)/t16?,17?,19-,21+/m1/s1. The van der Waals surface area contributed by atoms with Gasteiger partial charge in [0.1, 0.15) is 29.1 Å². The molecular weight excluding hydrogens is 491 g/mol. The molecule has 0 unspecified atom stereocenters. The van der Waals surface area contributed by atoms with E-state index in [0.29, 0.717) is 35.4 Å². The Morgan fingerprint density at radius 1 is 1.16 bits per heavy atom. The number of rotatable bonds is 7. The van der Waals surface area contributed by atoms with Crippen molar-refractivity contribution in [3.63, 3.8) is 0 Å². The maximum atomic E-state index is 13.5. The first-order valence-corrected chi connectivity index (χ1v) is 13.3. The zero-order valence-electron chi connectivity index (χ0n) is 21.4. The van der Waals surface area contributed by atoms with Gasteiger partial charge < -0.3 is 25.3 Å². The molecule has 3 aliphatic rings. The second kappa shape index (κ2) is 10.3. The summed E-state index contributed by atoms with van der Waals surface area (Å²) in [5.74, 6) is 0.563. The van der Waals surface area contributed by atoms with E-state index in [1.807, 2.05) is 16.8 Å². The van der Waals surface area contributed by atoms with Gasteiger partial charge in [-0.05, 0) is 37.8 Å². The summed E-state index contributed by atoms with van der Waals surface area (Å²) >= 11 is 0. The minimum Gasteiger partial charge on any atom is -0.379 e. The number of hydrogen-bond donors (Lipinski definition) is 3. The Labute approximate surface area is 219 Å². The van der Waals surface area contributed by atoms with Gasteiger partial charge in [0.15, 0.2) is 5.65 Å². The number of anilines is 3. The molecular formula is C26H33FN8O3. The number of morpholine rings is 1. The lowest BCUT2D eigenvalue weighted by molar-refractivity contribution is 0.00535. The summed E-state index contributed by atoms with van der Waals surface area (Å²) in [5.41, 5.74) is 0.854. The van der Waals surface area contributed by atoms with Gasteiger partial charge in [0.25, 0.3) is 11.5 Å². The van der Waals surface area contributed by atoms with E-state index in [1.165, 1.54) is 10.7 Å². The van der Waals surface area contributed by atoms with E-state index >= 15 is 0 Å². The number of aromatic nitrogens is 4. The Morgan fingerprint density at radius 2 is 1.89 bits per heavy atom. The van der Waals surface area contributed by atoms with Crippen LogP contribution >= 0.6 is 0 Å². The number of halogens is 1. The summed E-state index contributed by atoms with van der Waals surface area (Å²) in [6, 6.07) is 5.58. The van der Waals surface area contributed by atoms with Crippen LogP contribution in [0.1, 0.15) is 48.5 Å². The van der Waals surface area contributed by atoms with E-state index in [1.54, 1.807) is 19.2 Å². The highest BCUT2D eigenvalue weighted by Gasteiger charge is 2.39. The molecule has 12 heteroatoms. The van der Waals surface area contributed by atoms with Gasteiger partial charge in [-0.3, -0.25) is 14.5 Å². The van der Waals surface area contributed by atoms with Gasteiger partial charge in [-0.2, -0.15) is 9.61 Å². The predicted molar refractivity (Wildman–Crippen MR) is 141 cm³/mol. The van der Waals surface area contributed by atoms with Crippen molar-refractivity contribution in [2.75, 3.05) is 44.0 Å². The number of nitrogens with zero attached hydrogens (tertiary/aromatic N) is 5. The zero-order chi connectivity index (χ0) is 26.2. The Kier molecular flexibility index (Phi) is 6.75. The van der Waals surface area contributed by atoms with Gasteiger partial charge in [-0.15, -0.1) is 0 Å². The molecule has 0 radical (unpaired) electrons. The summed E-state index contributed by atoms with van der Waals surface area (Å²) in [6.45, 7) is 3.56. The van der Waals surface area contributed by atoms with E-state index < -0.39 is 18.1 Å². The Hall–Kier alpha value is -3.51. The van der Waals surface area contributed by atoms with E-state index in [9.17, 15) is 14.0 Å². The molecule has 1 aliphatic heterocycles. The molecule has 4 heterocycles. The lowest BCUT2D eigenvalue weighted by atomic mass is 9.89. The lowest BCUT2D eigenvalue weighted by Crippen LogP contribution is -2.45. The first kappa shape index (κ1) is 24.8. The third-order valence-corrected chi connectivity index (χ3v) is 7.86. The SMILES string of the molecule is CNc1cc(Nc2cccn(C3CCC(N4CCOCC4)CC3)c2=O)nc2c(C(=O)N[C@H]3C[C@H]3F)cnn12. The number of nitrogens with one attached hydrogen (secondary N) is 3. The van der Waals surface area contributed by atoms with Gasteiger partial charge >= 0.3 is 0 Å². The topological polar surface area (TPSA) is 118 Å². The molecule has 38 heavy (non-hydrogen) atoms. The van der Waals surface area contributed by atoms with Crippen molar-refractivity contribution in [1.29, 1.82) is 0 Å². The van der Waals surface area contributed by atoms with E-state index in [2.05, 4.69) is 30.9 Å². The molecule has 3 N–H and O–H groups in total. The maximum Gasteiger partial charge on any atom is 0.274 e. The number of alkyl halides is 1. The van der Waals surface area contributed by atoms with E-state index in [4.69, 9.17) is 4.74 Å². The quantitative estimate of drug-likeness (QED) is 0.431. The fraction of sp³-hybridized carbons (Fsp3) is 0.538. The molecule has 2 saturated carbocycles. The van der Waals surface area contributed by atoms with Crippen molar-refractivity contribution in [3.05, 3.63) is 46.5 Å². The summed E-state index contributed by atoms with van der Waals surface area (Å²) in [7, 11) is 1.74. The number of carbonyl (C=O) groups is 1. The van der Waals surface area contributed by atoms with Crippen LogP contribution in [-0.2, 0) is 4.74 Å². The van der Waals surface area contributed by atoms with Gasteiger partial charge in [-0.1, -0.05) is 0 Å². The van der Waals surface area contributed by atoms with Crippen LogP contribution in [0.4, 0.5) is 21.7 Å². The molecule has 2 atom stereocenters. The van der Waals surface area contributed by atoms with Gasteiger partial charge in [0, 0.05) is 50.9 Å². The molecule has 11 nitrogen and oxygen atoms in total. The fourth-order valence-electron chi connectivity index (χ4n) is 5.60. The van der Waals surface area contributed by atoms with Crippen molar-refractivity contribution in [1.82, 2.24) is 29.4 Å². The molecule has 3 aromatic rings. The normalized spacial score (nSPS) is 25.7. The molecule has 0 aromatic carbocycles. The summed E-state index contributed by atoms with van der Waals surface area (Å²) < 4.78 is 22.1. The maximum absolute atomic E-state index is 13.5. The monoisotopic (exact) mass is 524 g/mol. The molecule has 0 spiro atoms. The average molecular weight is 525 g/mol. The van der Waals surface area contributed by atoms with Crippen LogP contribution < -0.4 is 21.5 Å². The Bertz CT molecular complexity index is 1380. The molecule has 202 valence electrons. The highest BCUT2D eigenvalue weighted by molar-refractivity contribution is 6.00. The molecule has 3 fully saturated rings. The first-order valence-electron chi connectivity index (χ1n) is 13.3. The third-order valence-electron chi connectivity index (χ3n) is 7.86. The van der Waals surface area contributed by atoms with Crippen molar-refractivity contribution in [2.45, 2.75) is 56.4 Å². The smallest absolute Gasteiger partial charge is 0.274 e. The van der Waals surface area contributed by atoms with Gasteiger partial charge in [0.2, 0.25) is 0 Å². The highest BCUT2D eigenvalue weighted by atomic mass is 19.1. The summed E-state index contributed by atoms with van der Waals surface area (Å²) in [6.07, 6.45) is 6.63. The van der Waals surface area contributed by atoms with Crippen molar-refractivity contribution >= 4 is 28.9 Å². The van der Waals surface area contributed by atoms with E-state index in [0.717, 1.165) is 52.0 Å². The number of pyridine rings is 1. The first-order chi connectivity index (χ1) is 18.5. The Morgan fingerprint density at radius 3 is 2.61 bits per heavy atom. The Balaban J connectivity index is 1.21. The lowest BCUT2D eigenvalue weighted by Gasteiger charge is -2.39. The van der Waals surface area contributed by atoms with Crippen LogP contribution in [0.15, 0.2) is 35.4 Å². The molecule has 1 saturated heterocycles. The fourth-order valence-corrected chi connectivity index (χ4v) is 5.60. The van der Waals surface area contributed by atoms with Crippen LogP contribution in [-0.4, -0.2) is 81.6 Å². The number of fused-ring (bicyclic) bond motifs is 1. The van der Waals surface area contributed by atoms with Gasteiger partial charge in [0.05, 0.1) is 25.5 Å². The molecule has 2 aliphatic carbocycles. The van der Waals surface area contributed by atoms with Crippen molar-refractivity contribution in [2.24, 2.45) is 0 Å². The van der Waals surface area contributed by atoms with Crippen LogP contribution in [0.3, 0.4) is 0 Å². The predicted octanol–water partition coefficient (Wildman–Crippen LogP) is 2.33. The van der Waals surface area contributed by atoms with Crippen LogP contribution in [0.2, 0.25) is 0 Å². The minimum atomic E-state index is -1.01.